The number of carbonyl (C=O) groups is 2. The van der Waals surface area contributed by atoms with Crippen LogP contribution in [0.1, 0.15) is 42.4 Å². The third-order valence-electron chi connectivity index (χ3n) is 6.63. The van der Waals surface area contributed by atoms with Gasteiger partial charge in [0.15, 0.2) is 6.61 Å². The first-order chi connectivity index (χ1) is 17.5. The number of carbonyl (C=O) groups excluding carboxylic acids is 2. The fourth-order valence-electron chi connectivity index (χ4n) is 4.60. The van der Waals surface area contributed by atoms with E-state index >= 15 is 0 Å². The maximum atomic E-state index is 13.7. The summed E-state index contributed by atoms with van der Waals surface area (Å²) >= 11 is 6.23. The van der Waals surface area contributed by atoms with Gasteiger partial charge < -0.3 is 15.0 Å². The van der Waals surface area contributed by atoms with Crippen molar-refractivity contribution in [1.82, 2.24) is 10.2 Å². The van der Waals surface area contributed by atoms with Crippen LogP contribution in [0.5, 0.6) is 5.75 Å². The summed E-state index contributed by atoms with van der Waals surface area (Å²) in [5.41, 5.74) is 3.09. The van der Waals surface area contributed by atoms with E-state index in [0.29, 0.717) is 23.7 Å². The number of rotatable bonds is 10. The second kappa shape index (κ2) is 12.6. The van der Waals surface area contributed by atoms with Gasteiger partial charge in [0.2, 0.25) is 5.91 Å². The number of halogens is 1. The molecular formula is C30H33ClN2O3. The summed E-state index contributed by atoms with van der Waals surface area (Å²) in [6.45, 7) is 2.12. The van der Waals surface area contributed by atoms with Crippen molar-refractivity contribution >= 4 is 23.4 Å². The lowest BCUT2D eigenvalue weighted by Crippen LogP contribution is -2.53. The van der Waals surface area contributed by atoms with E-state index in [-0.39, 0.29) is 24.5 Å². The van der Waals surface area contributed by atoms with Crippen LogP contribution in [-0.4, -0.2) is 35.4 Å². The smallest absolute Gasteiger partial charge is 0.261 e. The Bertz CT molecular complexity index is 1140. The minimum atomic E-state index is -0.670. The van der Waals surface area contributed by atoms with Crippen LogP contribution in [0.25, 0.3) is 0 Å². The van der Waals surface area contributed by atoms with E-state index in [1.54, 1.807) is 17.0 Å². The Morgan fingerprint density at radius 3 is 2.31 bits per heavy atom. The molecule has 1 aliphatic rings. The molecule has 0 spiro atoms. The van der Waals surface area contributed by atoms with Crippen LogP contribution in [0.15, 0.2) is 78.9 Å². The van der Waals surface area contributed by atoms with Crippen molar-refractivity contribution in [3.8, 4) is 5.75 Å². The van der Waals surface area contributed by atoms with Gasteiger partial charge in [-0.15, -0.1) is 0 Å². The van der Waals surface area contributed by atoms with Gasteiger partial charge in [0.05, 0.1) is 5.02 Å². The lowest BCUT2D eigenvalue weighted by Gasteiger charge is -2.32. The third-order valence-corrected chi connectivity index (χ3v) is 6.95. The van der Waals surface area contributed by atoms with Crippen molar-refractivity contribution in [1.29, 1.82) is 0 Å². The molecule has 1 atom stereocenters. The van der Waals surface area contributed by atoms with Crippen molar-refractivity contribution in [2.75, 3.05) is 6.61 Å². The molecule has 1 aliphatic carbocycles. The number of benzene rings is 3. The fourth-order valence-corrected chi connectivity index (χ4v) is 4.79. The van der Waals surface area contributed by atoms with Crippen molar-refractivity contribution in [2.24, 2.45) is 0 Å². The van der Waals surface area contributed by atoms with Gasteiger partial charge in [0.25, 0.3) is 5.91 Å². The van der Waals surface area contributed by atoms with Gasteiger partial charge in [-0.1, -0.05) is 96.7 Å². The van der Waals surface area contributed by atoms with Crippen LogP contribution >= 0.6 is 11.6 Å². The molecule has 6 heteroatoms. The van der Waals surface area contributed by atoms with Crippen LogP contribution in [0, 0.1) is 6.92 Å². The summed E-state index contributed by atoms with van der Waals surface area (Å²) in [5, 5.41) is 3.66. The summed E-state index contributed by atoms with van der Waals surface area (Å²) < 4.78 is 5.80. The summed E-state index contributed by atoms with van der Waals surface area (Å²) in [6, 6.07) is 24.4. The summed E-state index contributed by atoms with van der Waals surface area (Å²) in [7, 11) is 0. The van der Waals surface area contributed by atoms with Gasteiger partial charge in [-0.2, -0.15) is 0 Å². The summed E-state index contributed by atoms with van der Waals surface area (Å²) in [4.78, 5) is 29.0. The Labute approximate surface area is 218 Å². The molecule has 36 heavy (non-hydrogen) atoms. The van der Waals surface area contributed by atoms with Crippen molar-refractivity contribution in [3.63, 3.8) is 0 Å². The molecule has 1 fully saturated rings. The Balaban J connectivity index is 1.61. The standard InChI is InChI=1S/C30H33ClN2O3/c1-22-15-17-24(18-16-22)20-33(29(34)21-36-28-14-8-7-13-26(28)31)27(19-23-9-3-2-4-10-23)30(35)32-25-11-5-6-12-25/h2-4,7-10,13-18,25,27H,5-6,11-12,19-21H2,1H3,(H,32,35)/t27-/m0/s1. The number of para-hydroxylation sites is 1. The van der Waals surface area contributed by atoms with Crippen LogP contribution in [0.2, 0.25) is 5.02 Å². The molecule has 4 rings (SSSR count). The van der Waals surface area contributed by atoms with Crippen LogP contribution in [-0.2, 0) is 22.6 Å². The molecule has 0 saturated heterocycles. The minimum absolute atomic E-state index is 0.121. The van der Waals surface area contributed by atoms with Gasteiger partial charge in [0.1, 0.15) is 11.8 Å². The number of ether oxygens (including phenoxy) is 1. The van der Waals surface area contributed by atoms with E-state index < -0.39 is 6.04 Å². The van der Waals surface area contributed by atoms with Gasteiger partial charge in [-0.25, -0.2) is 0 Å². The number of nitrogens with one attached hydrogen (secondary N) is 1. The molecule has 2 amide bonds. The highest BCUT2D eigenvalue weighted by Gasteiger charge is 2.32. The van der Waals surface area contributed by atoms with E-state index in [9.17, 15) is 9.59 Å². The SMILES string of the molecule is Cc1ccc(CN(C(=O)COc2ccccc2Cl)[C@@H](Cc2ccccc2)C(=O)NC2CCCC2)cc1. The highest BCUT2D eigenvalue weighted by atomic mass is 35.5. The van der Waals surface area contributed by atoms with E-state index in [4.69, 9.17) is 16.3 Å². The Morgan fingerprint density at radius 1 is 0.944 bits per heavy atom. The second-order valence-corrected chi connectivity index (χ2v) is 9.83. The number of hydrogen-bond acceptors (Lipinski definition) is 3. The van der Waals surface area contributed by atoms with Gasteiger partial charge in [-0.05, 0) is 43.0 Å². The maximum Gasteiger partial charge on any atom is 0.261 e. The molecule has 5 nitrogen and oxygen atoms in total. The largest absolute Gasteiger partial charge is 0.482 e. The van der Waals surface area contributed by atoms with E-state index in [2.05, 4.69) is 5.32 Å². The molecule has 3 aromatic rings. The minimum Gasteiger partial charge on any atom is -0.482 e. The van der Waals surface area contributed by atoms with Gasteiger partial charge in [0, 0.05) is 19.0 Å². The monoisotopic (exact) mass is 504 g/mol. The van der Waals surface area contributed by atoms with Crippen LogP contribution in [0.3, 0.4) is 0 Å². The van der Waals surface area contributed by atoms with Crippen molar-refractivity contribution in [3.05, 3.63) is 101 Å². The fraction of sp³-hybridized carbons (Fsp3) is 0.333. The first-order valence-electron chi connectivity index (χ1n) is 12.6. The summed E-state index contributed by atoms with van der Waals surface area (Å²) in [5.74, 6) is 0.0553. The zero-order valence-electron chi connectivity index (χ0n) is 20.7. The third kappa shape index (κ3) is 7.11. The topological polar surface area (TPSA) is 58.6 Å². The quantitative estimate of drug-likeness (QED) is 0.384. The zero-order chi connectivity index (χ0) is 25.3. The van der Waals surface area contributed by atoms with Gasteiger partial charge >= 0.3 is 0 Å². The van der Waals surface area contributed by atoms with E-state index in [1.165, 1.54) is 0 Å². The van der Waals surface area contributed by atoms with E-state index in [0.717, 1.165) is 42.4 Å². The molecular weight excluding hydrogens is 472 g/mol. The molecule has 0 radical (unpaired) electrons. The Hall–Kier alpha value is -3.31. The number of hydrogen-bond donors (Lipinski definition) is 1. The molecule has 1 saturated carbocycles. The lowest BCUT2D eigenvalue weighted by atomic mass is 10.0. The predicted octanol–water partition coefficient (Wildman–Crippen LogP) is 5.73. The molecule has 188 valence electrons. The van der Waals surface area contributed by atoms with Crippen LogP contribution in [0.4, 0.5) is 0 Å². The van der Waals surface area contributed by atoms with E-state index in [1.807, 2.05) is 73.7 Å². The maximum absolute atomic E-state index is 13.7. The summed E-state index contributed by atoms with van der Waals surface area (Å²) in [6.07, 6.45) is 4.61. The molecule has 1 N–H and O–H groups in total. The highest BCUT2D eigenvalue weighted by molar-refractivity contribution is 6.32. The second-order valence-electron chi connectivity index (χ2n) is 9.42. The first kappa shape index (κ1) is 25.8. The lowest BCUT2D eigenvalue weighted by molar-refractivity contribution is -0.143. The molecule has 0 unspecified atom stereocenters. The zero-order valence-corrected chi connectivity index (χ0v) is 21.4. The average molecular weight is 505 g/mol. The molecule has 3 aromatic carbocycles. The van der Waals surface area contributed by atoms with Crippen molar-refractivity contribution in [2.45, 2.75) is 57.7 Å². The van der Waals surface area contributed by atoms with Crippen LogP contribution < -0.4 is 10.1 Å². The average Bonchev–Trinajstić information content (AvgIpc) is 3.40. The number of nitrogens with zero attached hydrogens (tertiary/aromatic N) is 1. The van der Waals surface area contributed by atoms with Gasteiger partial charge in [-0.3, -0.25) is 9.59 Å². The van der Waals surface area contributed by atoms with Crippen molar-refractivity contribution < 1.29 is 14.3 Å². The molecule has 0 aliphatic heterocycles. The predicted molar refractivity (Wildman–Crippen MR) is 143 cm³/mol. The first-order valence-corrected chi connectivity index (χ1v) is 12.9. The number of aryl methyl sites for hydroxylation is 1. The molecule has 0 aromatic heterocycles. The number of amides is 2. The molecule has 0 bridgehead atoms. The Kier molecular flexibility index (Phi) is 9.01. The molecule has 0 heterocycles. The highest BCUT2D eigenvalue weighted by Crippen LogP contribution is 2.24. The Morgan fingerprint density at radius 2 is 1.61 bits per heavy atom. The normalized spacial score (nSPS) is 14.3.